The molecule has 0 saturated carbocycles. The average molecular weight is 215 g/mol. The molecule has 0 unspecified atom stereocenters. The second kappa shape index (κ2) is 5.56. The summed E-state index contributed by atoms with van der Waals surface area (Å²) in [4.78, 5) is 10.6. The Morgan fingerprint density at radius 3 is 3.00 bits per heavy atom. The van der Waals surface area contributed by atoms with E-state index in [1.54, 1.807) is 30.4 Å². The van der Waals surface area contributed by atoms with Crippen molar-refractivity contribution in [3.8, 4) is 6.07 Å². The summed E-state index contributed by atoms with van der Waals surface area (Å²) in [6.45, 7) is 1.89. The van der Waals surface area contributed by atoms with Crippen LogP contribution >= 0.6 is 0 Å². The molecule has 4 heteroatoms. The molecule has 0 radical (unpaired) electrons. The van der Waals surface area contributed by atoms with Crippen molar-refractivity contribution in [1.82, 2.24) is 5.32 Å². The van der Waals surface area contributed by atoms with Crippen molar-refractivity contribution >= 4 is 17.7 Å². The van der Waals surface area contributed by atoms with Gasteiger partial charge in [-0.2, -0.15) is 5.26 Å². The highest BCUT2D eigenvalue weighted by atomic mass is 16.1. The summed E-state index contributed by atoms with van der Waals surface area (Å²) in [5.41, 5.74) is 7.55. The predicted octanol–water partition coefficient (Wildman–Crippen LogP) is 1.29. The molecule has 3 N–H and O–H groups in total. The zero-order valence-electron chi connectivity index (χ0n) is 9.03. The topological polar surface area (TPSA) is 78.9 Å². The van der Waals surface area contributed by atoms with Crippen LogP contribution in [0.25, 0.3) is 6.08 Å². The highest BCUT2D eigenvalue weighted by Gasteiger charge is 1.98. The SMILES string of the molecule is CC(=O)NCC=Cc1cc(N)ccc1C#N. The summed E-state index contributed by atoms with van der Waals surface area (Å²) in [7, 11) is 0. The number of benzene rings is 1. The molecule has 0 fully saturated rings. The Morgan fingerprint density at radius 2 is 2.38 bits per heavy atom. The second-order valence-electron chi connectivity index (χ2n) is 3.30. The fourth-order valence-corrected chi connectivity index (χ4v) is 1.21. The largest absolute Gasteiger partial charge is 0.399 e. The number of carbonyl (C=O) groups is 1. The summed E-state index contributed by atoms with van der Waals surface area (Å²) in [5, 5.41) is 11.5. The lowest BCUT2D eigenvalue weighted by Crippen LogP contribution is -2.19. The molecule has 0 aliphatic rings. The molecular weight excluding hydrogens is 202 g/mol. The molecule has 0 atom stereocenters. The third-order valence-corrected chi connectivity index (χ3v) is 1.96. The van der Waals surface area contributed by atoms with Gasteiger partial charge in [0.2, 0.25) is 5.91 Å². The normalized spacial score (nSPS) is 10.0. The van der Waals surface area contributed by atoms with Gasteiger partial charge in [0.1, 0.15) is 0 Å². The smallest absolute Gasteiger partial charge is 0.217 e. The summed E-state index contributed by atoms with van der Waals surface area (Å²) in [6, 6.07) is 7.16. The van der Waals surface area contributed by atoms with E-state index in [1.807, 2.05) is 0 Å². The number of nitrogens with zero attached hydrogens (tertiary/aromatic N) is 1. The van der Waals surface area contributed by atoms with E-state index in [2.05, 4.69) is 11.4 Å². The van der Waals surface area contributed by atoms with Crippen LogP contribution in [0.15, 0.2) is 24.3 Å². The molecule has 0 aromatic heterocycles. The van der Waals surface area contributed by atoms with Crippen LogP contribution in [0, 0.1) is 11.3 Å². The van der Waals surface area contributed by atoms with E-state index in [9.17, 15) is 4.79 Å². The number of nitriles is 1. The molecule has 82 valence electrons. The van der Waals surface area contributed by atoms with Crippen molar-refractivity contribution in [2.75, 3.05) is 12.3 Å². The molecule has 1 rings (SSSR count). The average Bonchev–Trinajstić information content (AvgIpc) is 2.24. The first-order valence-corrected chi connectivity index (χ1v) is 4.84. The van der Waals surface area contributed by atoms with Crippen molar-refractivity contribution in [2.24, 2.45) is 0 Å². The molecule has 0 bridgehead atoms. The van der Waals surface area contributed by atoms with Gasteiger partial charge in [0, 0.05) is 19.2 Å². The van der Waals surface area contributed by atoms with E-state index >= 15 is 0 Å². The Balaban J connectivity index is 2.76. The number of hydrogen-bond donors (Lipinski definition) is 2. The van der Waals surface area contributed by atoms with Crippen molar-refractivity contribution in [3.05, 3.63) is 35.4 Å². The number of nitrogens with one attached hydrogen (secondary N) is 1. The van der Waals surface area contributed by atoms with Crippen molar-refractivity contribution < 1.29 is 4.79 Å². The molecule has 0 heterocycles. The van der Waals surface area contributed by atoms with Gasteiger partial charge in [0.15, 0.2) is 0 Å². The second-order valence-corrected chi connectivity index (χ2v) is 3.30. The Morgan fingerprint density at radius 1 is 1.62 bits per heavy atom. The van der Waals surface area contributed by atoms with Gasteiger partial charge in [0.05, 0.1) is 11.6 Å². The number of anilines is 1. The minimum Gasteiger partial charge on any atom is -0.399 e. The number of hydrogen-bond acceptors (Lipinski definition) is 3. The first kappa shape index (κ1) is 11.8. The maximum atomic E-state index is 10.6. The maximum absolute atomic E-state index is 10.6. The third-order valence-electron chi connectivity index (χ3n) is 1.96. The Kier molecular flexibility index (Phi) is 4.10. The first-order valence-electron chi connectivity index (χ1n) is 4.84. The molecule has 0 aliphatic carbocycles. The van der Waals surface area contributed by atoms with Crippen LogP contribution in [0.2, 0.25) is 0 Å². The highest BCUT2D eigenvalue weighted by Crippen LogP contribution is 2.14. The van der Waals surface area contributed by atoms with E-state index in [1.165, 1.54) is 6.92 Å². The monoisotopic (exact) mass is 215 g/mol. The predicted molar refractivity (Wildman–Crippen MR) is 63.3 cm³/mol. The van der Waals surface area contributed by atoms with Crippen LogP contribution in [0.4, 0.5) is 5.69 Å². The zero-order chi connectivity index (χ0) is 12.0. The van der Waals surface area contributed by atoms with Crippen molar-refractivity contribution in [3.63, 3.8) is 0 Å². The summed E-state index contributed by atoms with van der Waals surface area (Å²) in [5.74, 6) is -0.0854. The Bertz CT molecular complexity index is 458. The lowest BCUT2D eigenvalue weighted by atomic mass is 10.1. The van der Waals surface area contributed by atoms with Gasteiger partial charge < -0.3 is 11.1 Å². The van der Waals surface area contributed by atoms with Gasteiger partial charge in [-0.3, -0.25) is 4.79 Å². The fraction of sp³-hybridized carbons (Fsp3) is 0.167. The third kappa shape index (κ3) is 3.46. The highest BCUT2D eigenvalue weighted by molar-refractivity contribution is 5.73. The Hall–Kier alpha value is -2.28. The van der Waals surface area contributed by atoms with Gasteiger partial charge in [-0.25, -0.2) is 0 Å². The summed E-state index contributed by atoms with van der Waals surface area (Å²) >= 11 is 0. The van der Waals surface area contributed by atoms with Crippen LogP contribution < -0.4 is 11.1 Å². The molecule has 0 saturated heterocycles. The Labute approximate surface area is 94.4 Å². The number of nitrogen functional groups attached to an aromatic ring is 1. The van der Waals surface area contributed by atoms with E-state index in [0.29, 0.717) is 17.8 Å². The van der Waals surface area contributed by atoms with Crippen LogP contribution in [0.5, 0.6) is 0 Å². The molecule has 0 aliphatic heterocycles. The molecule has 4 nitrogen and oxygen atoms in total. The molecule has 1 aromatic rings. The van der Waals surface area contributed by atoms with Gasteiger partial charge in [-0.15, -0.1) is 0 Å². The summed E-state index contributed by atoms with van der Waals surface area (Å²) < 4.78 is 0. The summed E-state index contributed by atoms with van der Waals surface area (Å²) in [6.07, 6.45) is 3.54. The van der Waals surface area contributed by atoms with Gasteiger partial charge >= 0.3 is 0 Å². The van der Waals surface area contributed by atoms with Gasteiger partial charge in [0.25, 0.3) is 0 Å². The van der Waals surface area contributed by atoms with Crippen LogP contribution in [-0.2, 0) is 4.79 Å². The van der Waals surface area contributed by atoms with Crippen molar-refractivity contribution in [2.45, 2.75) is 6.92 Å². The minimum absolute atomic E-state index is 0.0854. The lowest BCUT2D eigenvalue weighted by molar-refractivity contribution is -0.118. The maximum Gasteiger partial charge on any atom is 0.217 e. The zero-order valence-corrected chi connectivity index (χ0v) is 9.03. The fourth-order valence-electron chi connectivity index (χ4n) is 1.21. The molecular formula is C12H13N3O. The van der Waals surface area contributed by atoms with Gasteiger partial charge in [-0.1, -0.05) is 12.2 Å². The number of amides is 1. The minimum atomic E-state index is -0.0854. The van der Waals surface area contributed by atoms with E-state index in [-0.39, 0.29) is 5.91 Å². The number of carbonyl (C=O) groups excluding carboxylic acids is 1. The van der Waals surface area contributed by atoms with E-state index in [0.717, 1.165) is 5.56 Å². The van der Waals surface area contributed by atoms with E-state index in [4.69, 9.17) is 11.0 Å². The lowest BCUT2D eigenvalue weighted by Gasteiger charge is -2.00. The van der Waals surface area contributed by atoms with Crippen LogP contribution in [0.3, 0.4) is 0 Å². The van der Waals surface area contributed by atoms with Crippen LogP contribution in [-0.4, -0.2) is 12.5 Å². The molecule has 0 spiro atoms. The quantitative estimate of drug-likeness (QED) is 0.746. The number of rotatable bonds is 3. The molecule has 1 amide bonds. The van der Waals surface area contributed by atoms with Crippen LogP contribution in [0.1, 0.15) is 18.1 Å². The van der Waals surface area contributed by atoms with E-state index < -0.39 is 0 Å². The first-order chi connectivity index (χ1) is 7.63. The number of nitrogens with two attached hydrogens (primary N) is 1. The molecule has 1 aromatic carbocycles. The molecule has 16 heavy (non-hydrogen) atoms. The van der Waals surface area contributed by atoms with Crippen molar-refractivity contribution in [1.29, 1.82) is 5.26 Å². The standard InChI is InChI=1S/C12H13N3O/c1-9(16)15-6-2-3-10-7-12(14)5-4-11(10)8-13/h2-5,7H,6,14H2,1H3,(H,15,16). The van der Waals surface area contributed by atoms with Gasteiger partial charge in [-0.05, 0) is 23.8 Å².